The number of anilines is 3. The van der Waals surface area contributed by atoms with E-state index in [2.05, 4.69) is 25.7 Å². The number of carboxylic acids is 1. The van der Waals surface area contributed by atoms with Gasteiger partial charge in [-0.3, -0.25) is 19.0 Å². The second-order valence-electron chi connectivity index (χ2n) is 8.21. The molecule has 7 N–H and O–H groups in total. The summed E-state index contributed by atoms with van der Waals surface area (Å²) in [5.74, 6) is -0.941. The van der Waals surface area contributed by atoms with E-state index in [4.69, 9.17) is 20.4 Å². The summed E-state index contributed by atoms with van der Waals surface area (Å²) in [6.07, 6.45) is -2.53. The molecule has 0 bridgehead atoms. The lowest BCUT2D eigenvalue weighted by Crippen LogP contribution is -2.36. The molecule has 1 aliphatic rings. The molecule has 3 heterocycles. The van der Waals surface area contributed by atoms with Crippen molar-refractivity contribution in [3.63, 3.8) is 0 Å². The van der Waals surface area contributed by atoms with Crippen LogP contribution in [0.3, 0.4) is 0 Å². The minimum atomic E-state index is -1.33. The first-order valence-electron chi connectivity index (χ1n) is 11.3. The minimum Gasteiger partial charge on any atom is -0.481 e. The van der Waals surface area contributed by atoms with E-state index in [0.717, 1.165) is 5.56 Å². The number of carboxylic acid groups (broad SMARTS) is 1. The van der Waals surface area contributed by atoms with Gasteiger partial charge in [-0.1, -0.05) is 19.1 Å². The molecule has 0 aliphatic carbocycles. The van der Waals surface area contributed by atoms with Crippen molar-refractivity contribution >= 4 is 40.5 Å². The molecule has 4 rings (SSSR count). The number of benzene rings is 1. The third-order valence-electron chi connectivity index (χ3n) is 5.65. The first kappa shape index (κ1) is 25.2. The predicted octanol–water partition coefficient (Wildman–Crippen LogP) is 0.246. The highest BCUT2D eigenvalue weighted by Crippen LogP contribution is 2.32. The number of aromatic nitrogens is 4. The van der Waals surface area contributed by atoms with Crippen LogP contribution in [0, 0.1) is 0 Å². The normalized spacial score (nSPS) is 21.5. The SMILES string of the molecule is CCC(=O)NOC[C@H]1O[C@@H](n2cnc3c(N)nc(Nc4ccc(CCC(=O)O)cc4)nc32)C(O)C1O. The number of fused-ring (bicyclic) bond motifs is 1. The summed E-state index contributed by atoms with van der Waals surface area (Å²) in [5.41, 5.74) is 10.4. The molecule has 2 unspecified atom stereocenters. The van der Waals surface area contributed by atoms with Gasteiger partial charge in [-0.15, -0.1) is 0 Å². The molecule has 3 aromatic rings. The number of aryl methyl sites for hydroxylation is 1. The fourth-order valence-electron chi connectivity index (χ4n) is 3.69. The minimum absolute atomic E-state index is 0.0389. The maximum Gasteiger partial charge on any atom is 0.303 e. The van der Waals surface area contributed by atoms with Crippen LogP contribution in [0.15, 0.2) is 30.6 Å². The number of imidazole rings is 1. The van der Waals surface area contributed by atoms with Crippen LogP contribution >= 0.6 is 0 Å². The summed E-state index contributed by atoms with van der Waals surface area (Å²) < 4.78 is 7.22. The highest BCUT2D eigenvalue weighted by molar-refractivity contribution is 5.83. The number of rotatable bonds is 10. The van der Waals surface area contributed by atoms with Gasteiger partial charge in [0.15, 0.2) is 17.7 Å². The Morgan fingerprint density at radius 3 is 2.64 bits per heavy atom. The van der Waals surface area contributed by atoms with Crippen molar-refractivity contribution in [2.75, 3.05) is 17.7 Å². The fraction of sp³-hybridized carbons (Fsp3) is 0.409. The molecule has 0 saturated carbocycles. The Balaban J connectivity index is 1.51. The molecule has 1 aliphatic heterocycles. The second-order valence-corrected chi connectivity index (χ2v) is 8.21. The van der Waals surface area contributed by atoms with Crippen molar-refractivity contribution in [2.24, 2.45) is 0 Å². The second kappa shape index (κ2) is 10.8. The van der Waals surface area contributed by atoms with Gasteiger partial charge >= 0.3 is 5.97 Å². The van der Waals surface area contributed by atoms with E-state index < -0.39 is 30.5 Å². The van der Waals surface area contributed by atoms with Gasteiger partial charge in [-0.2, -0.15) is 9.97 Å². The van der Waals surface area contributed by atoms with Crippen molar-refractivity contribution in [3.05, 3.63) is 36.2 Å². The van der Waals surface area contributed by atoms with E-state index in [1.165, 1.54) is 10.9 Å². The third-order valence-corrected chi connectivity index (χ3v) is 5.65. The molecule has 36 heavy (non-hydrogen) atoms. The van der Waals surface area contributed by atoms with Crippen LogP contribution in [0.2, 0.25) is 0 Å². The van der Waals surface area contributed by atoms with E-state index in [-0.39, 0.29) is 48.3 Å². The molecule has 0 radical (unpaired) electrons. The van der Waals surface area contributed by atoms with Crippen LogP contribution in [-0.2, 0) is 25.6 Å². The van der Waals surface area contributed by atoms with Gasteiger partial charge in [-0.25, -0.2) is 10.5 Å². The van der Waals surface area contributed by atoms with Gasteiger partial charge < -0.3 is 31.1 Å². The number of nitrogens with two attached hydrogens (primary N) is 1. The van der Waals surface area contributed by atoms with E-state index in [1.807, 2.05) is 0 Å². The van der Waals surface area contributed by atoms with Crippen molar-refractivity contribution in [3.8, 4) is 0 Å². The van der Waals surface area contributed by atoms with Gasteiger partial charge in [0, 0.05) is 18.5 Å². The number of hydrogen-bond donors (Lipinski definition) is 6. The topological polar surface area (TPSA) is 207 Å². The Kier molecular flexibility index (Phi) is 7.59. The Labute approximate surface area is 205 Å². The molecule has 2 aromatic heterocycles. The Morgan fingerprint density at radius 1 is 1.19 bits per heavy atom. The number of carbonyl (C=O) groups excluding carboxylic acids is 1. The first-order chi connectivity index (χ1) is 17.3. The summed E-state index contributed by atoms with van der Waals surface area (Å²) >= 11 is 0. The summed E-state index contributed by atoms with van der Waals surface area (Å²) in [7, 11) is 0. The lowest BCUT2D eigenvalue weighted by atomic mass is 10.1. The van der Waals surface area contributed by atoms with E-state index in [0.29, 0.717) is 12.1 Å². The Bertz CT molecular complexity index is 1230. The lowest BCUT2D eigenvalue weighted by Gasteiger charge is -2.17. The largest absolute Gasteiger partial charge is 0.481 e. The fourth-order valence-corrected chi connectivity index (χ4v) is 3.69. The zero-order valence-electron chi connectivity index (χ0n) is 19.4. The molecule has 1 amide bonds. The zero-order chi connectivity index (χ0) is 25.8. The van der Waals surface area contributed by atoms with Crippen LogP contribution in [0.25, 0.3) is 11.2 Å². The molecular weight excluding hydrogens is 474 g/mol. The molecule has 1 aromatic carbocycles. The smallest absolute Gasteiger partial charge is 0.303 e. The number of aliphatic hydroxyl groups is 2. The number of aliphatic carboxylic acids is 1. The van der Waals surface area contributed by atoms with Gasteiger partial charge in [0.25, 0.3) is 0 Å². The molecule has 0 spiro atoms. The molecule has 4 atom stereocenters. The average molecular weight is 502 g/mol. The zero-order valence-corrected chi connectivity index (χ0v) is 19.4. The Morgan fingerprint density at radius 2 is 1.94 bits per heavy atom. The van der Waals surface area contributed by atoms with Crippen molar-refractivity contribution < 1.29 is 34.5 Å². The molecule has 14 nitrogen and oxygen atoms in total. The van der Waals surface area contributed by atoms with Gasteiger partial charge in [0.2, 0.25) is 11.9 Å². The number of amides is 1. The lowest BCUT2D eigenvalue weighted by molar-refractivity contribution is -0.139. The first-order valence-corrected chi connectivity index (χ1v) is 11.3. The predicted molar refractivity (Wildman–Crippen MR) is 126 cm³/mol. The van der Waals surface area contributed by atoms with E-state index in [9.17, 15) is 19.8 Å². The van der Waals surface area contributed by atoms with Gasteiger partial charge in [-0.05, 0) is 24.1 Å². The number of nitrogens with zero attached hydrogens (tertiary/aromatic N) is 4. The highest BCUT2D eigenvalue weighted by Gasteiger charge is 2.44. The monoisotopic (exact) mass is 501 g/mol. The summed E-state index contributed by atoms with van der Waals surface area (Å²) in [5, 5.41) is 32.9. The quantitative estimate of drug-likeness (QED) is 0.207. The molecule has 1 saturated heterocycles. The number of carbonyl (C=O) groups is 2. The Hall–Kier alpha value is -3.85. The maximum atomic E-state index is 11.3. The number of hydrogen-bond acceptors (Lipinski definition) is 11. The van der Waals surface area contributed by atoms with Crippen LogP contribution in [0.5, 0.6) is 0 Å². The highest BCUT2D eigenvalue weighted by atomic mass is 16.7. The van der Waals surface area contributed by atoms with Crippen LogP contribution < -0.4 is 16.5 Å². The van der Waals surface area contributed by atoms with Crippen LogP contribution in [0.1, 0.15) is 31.6 Å². The summed E-state index contributed by atoms with van der Waals surface area (Å²) in [6.45, 7) is 1.48. The van der Waals surface area contributed by atoms with Crippen LogP contribution in [0.4, 0.5) is 17.5 Å². The van der Waals surface area contributed by atoms with Crippen molar-refractivity contribution in [1.82, 2.24) is 25.0 Å². The molecular formula is C22H27N7O7. The number of nitrogens with one attached hydrogen (secondary N) is 2. The third kappa shape index (κ3) is 5.52. The number of aliphatic hydroxyl groups excluding tert-OH is 2. The summed E-state index contributed by atoms with van der Waals surface area (Å²) in [4.78, 5) is 40.1. The summed E-state index contributed by atoms with van der Waals surface area (Å²) in [6, 6.07) is 7.13. The molecule has 14 heteroatoms. The molecule has 192 valence electrons. The van der Waals surface area contributed by atoms with Crippen molar-refractivity contribution in [1.29, 1.82) is 0 Å². The van der Waals surface area contributed by atoms with Crippen LogP contribution in [-0.4, -0.2) is 71.6 Å². The number of ether oxygens (including phenoxy) is 1. The number of nitrogen functional groups attached to an aromatic ring is 1. The van der Waals surface area contributed by atoms with Gasteiger partial charge in [0.1, 0.15) is 30.4 Å². The molecule has 1 fully saturated rings. The van der Waals surface area contributed by atoms with Gasteiger partial charge in [0.05, 0.1) is 6.33 Å². The standard InChI is InChI=1S/C22H27N7O7/c1-2-14(30)28-35-9-13-17(33)18(34)21(36-13)29-10-24-16-19(23)26-22(27-20(16)29)25-12-6-3-11(4-7-12)5-8-15(31)32/h3-4,6-7,10,13,17-18,21,33-34H,2,5,8-9H2,1H3,(H,28,30)(H,31,32)(H3,23,25,26,27)/t13-,17?,18?,21-/m1/s1. The average Bonchev–Trinajstić information content (AvgIpc) is 3.40. The van der Waals surface area contributed by atoms with E-state index in [1.54, 1.807) is 31.2 Å². The number of hydroxylamine groups is 1. The maximum absolute atomic E-state index is 11.3. The van der Waals surface area contributed by atoms with Crippen molar-refractivity contribution in [2.45, 2.75) is 50.7 Å². The van der Waals surface area contributed by atoms with E-state index >= 15 is 0 Å².